The first-order chi connectivity index (χ1) is 9.52. The number of esters is 1. The topological polar surface area (TPSA) is 43.3 Å². The van der Waals surface area contributed by atoms with Crippen LogP contribution in [0, 0.1) is 0 Å². The molecule has 1 aromatic heterocycles. The van der Waals surface area contributed by atoms with Gasteiger partial charge in [0.2, 0.25) is 0 Å². The summed E-state index contributed by atoms with van der Waals surface area (Å²) in [4.78, 5) is 11.9. The van der Waals surface area contributed by atoms with Crippen molar-refractivity contribution in [2.75, 3.05) is 12.4 Å². The summed E-state index contributed by atoms with van der Waals surface area (Å²) in [6.07, 6.45) is 1.98. The molecule has 0 fully saturated rings. The van der Waals surface area contributed by atoms with Gasteiger partial charge in [-0.2, -0.15) is 0 Å². The van der Waals surface area contributed by atoms with Crippen molar-refractivity contribution in [3.05, 3.63) is 50.7 Å². The highest BCUT2D eigenvalue weighted by Gasteiger charge is 2.16. The Kier molecular flexibility index (Phi) is 4.88. The molecule has 4 nitrogen and oxygen atoms in total. The smallest absolute Gasteiger partial charge is 0.340 e. The number of ether oxygens (including phenoxy) is 1. The minimum absolute atomic E-state index is 0.374. The van der Waals surface area contributed by atoms with Crippen LogP contribution in [0.1, 0.15) is 16.1 Å². The zero-order valence-electron chi connectivity index (χ0n) is 11.1. The standard InChI is InChI=1S/C14H14Br2N2O2/c1-18-5-3-4-10(18)8-17-13-11(14(19)20-2)6-9(15)7-12(13)16/h3-7,17H,8H2,1-2H3. The van der Waals surface area contributed by atoms with Gasteiger partial charge in [0.05, 0.1) is 24.9 Å². The van der Waals surface area contributed by atoms with Crippen molar-refractivity contribution in [2.24, 2.45) is 7.05 Å². The molecule has 0 radical (unpaired) electrons. The Bertz CT molecular complexity index is 638. The third kappa shape index (κ3) is 3.24. The summed E-state index contributed by atoms with van der Waals surface area (Å²) in [7, 11) is 3.35. The zero-order valence-corrected chi connectivity index (χ0v) is 14.3. The number of aryl methyl sites for hydroxylation is 1. The van der Waals surface area contributed by atoms with Crippen LogP contribution in [0.3, 0.4) is 0 Å². The normalized spacial score (nSPS) is 10.4. The number of rotatable bonds is 4. The van der Waals surface area contributed by atoms with E-state index >= 15 is 0 Å². The van der Waals surface area contributed by atoms with E-state index in [-0.39, 0.29) is 5.97 Å². The Morgan fingerprint density at radius 3 is 2.75 bits per heavy atom. The fourth-order valence-electron chi connectivity index (χ4n) is 1.88. The maximum Gasteiger partial charge on any atom is 0.340 e. The lowest BCUT2D eigenvalue weighted by atomic mass is 10.1. The molecule has 0 aliphatic heterocycles. The largest absolute Gasteiger partial charge is 0.465 e. The molecule has 2 rings (SSSR count). The van der Waals surface area contributed by atoms with E-state index in [1.54, 1.807) is 6.07 Å². The van der Waals surface area contributed by atoms with Gasteiger partial charge in [-0.1, -0.05) is 15.9 Å². The second kappa shape index (κ2) is 6.45. The molecule has 1 aromatic carbocycles. The maximum absolute atomic E-state index is 11.9. The van der Waals surface area contributed by atoms with Crippen LogP contribution in [-0.4, -0.2) is 17.6 Å². The molecule has 0 amide bonds. The molecule has 0 saturated carbocycles. The van der Waals surface area contributed by atoms with Gasteiger partial charge < -0.3 is 14.6 Å². The van der Waals surface area contributed by atoms with Crippen molar-refractivity contribution in [1.29, 1.82) is 0 Å². The summed E-state index contributed by atoms with van der Waals surface area (Å²) < 4.78 is 8.47. The van der Waals surface area contributed by atoms with Crippen molar-refractivity contribution in [3.63, 3.8) is 0 Å². The number of methoxy groups -OCH3 is 1. The Morgan fingerprint density at radius 1 is 1.40 bits per heavy atom. The Hall–Kier alpha value is -1.27. The van der Waals surface area contributed by atoms with Crippen molar-refractivity contribution in [3.8, 4) is 0 Å². The predicted molar refractivity (Wildman–Crippen MR) is 85.9 cm³/mol. The minimum atomic E-state index is -0.374. The number of carbonyl (C=O) groups is 1. The van der Waals surface area contributed by atoms with E-state index in [1.807, 2.05) is 36.0 Å². The van der Waals surface area contributed by atoms with Gasteiger partial charge in [0, 0.05) is 27.9 Å². The Balaban J connectivity index is 2.30. The number of hydrogen-bond acceptors (Lipinski definition) is 3. The Labute approximate surface area is 134 Å². The molecule has 0 aliphatic carbocycles. The molecular weight excluding hydrogens is 388 g/mol. The second-order valence-corrected chi connectivity index (χ2v) is 6.04. The van der Waals surface area contributed by atoms with E-state index in [0.717, 1.165) is 20.3 Å². The van der Waals surface area contributed by atoms with E-state index < -0.39 is 0 Å². The molecule has 6 heteroatoms. The maximum atomic E-state index is 11.9. The number of nitrogens with one attached hydrogen (secondary N) is 1. The lowest BCUT2D eigenvalue weighted by molar-refractivity contribution is 0.0601. The van der Waals surface area contributed by atoms with Gasteiger partial charge in [-0.05, 0) is 40.2 Å². The number of benzene rings is 1. The molecule has 2 aromatic rings. The van der Waals surface area contributed by atoms with Crippen molar-refractivity contribution < 1.29 is 9.53 Å². The summed E-state index contributed by atoms with van der Waals surface area (Å²) in [5, 5.41) is 3.28. The molecule has 0 spiro atoms. The van der Waals surface area contributed by atoms with Crippen LogP contribution in [0.2, 0.25) is 0 Å². The lowest BCUT2D eigenvalue weighted by Crippen LogP contribution is -2.10. The number of carbonyl (C=O) groups excluding carboxylic acids is 1. The van der Waals surface area contributed by atoms with E-state index in [4.69, 9.17) is 4.74 Å². The summed E-state index contributed by atoms with van der Waals surface area (Å²) in [5.41, 5.74) is 2.33. The predicted octanol–water partition coefficient (Wildman–Crippen LogP) is 3.95. The number of aromatic nitrogens is 1. The first kappa shape index (κ1) is 15.1. The SMILES string of the molecule is COC(=O)c1cc(Br)cc(Br)c1NCc1cccn1C. The number of nitrogens with zero attached hydrogens (tertiary/aromatic N) is 1. The Morgan fingerprint density at radius 2 is 2.15 bits per heavy atom. The first-order valence-electron chi connectivity index (χ1n) is 5.94. The number of anilines is 1. The van der Waals surface area contributed by atoms with Gasteiger partial charge in [0.15, 0.2) is 0 Å². The van der Waals surface area contributed by atoms with Crippen LogP contribution in [0.25, 0.3) is 0 Å². The molecule has 0 unspecified atom stereocenters. The van der Waals surface area contributed by atoms with E-state index in [9.17, 15) is 4.79 Å². The molecule has 1 heterocycles. The lowest BCUT2D eigenvalue weighted by Gasteiger charge is -2.14. The van der Waals surface area contributed by atoms with Crippen LogP contribution in [-0.2, 0) is 18.3 Å². The van der Waals surface area contributed by atoms with Gasteiger partial charge in [-0.3, -0.25) is 0 Å². The van der Waals surface area contributed by atoms with Crippen LogP contribution >= 0.6 is 31.9 Å². The fraction of sp³-hybridized carbons (Fsp3) is 0.214. The second-order valence-electron chi connectivity index (χ2n) is 4.27. The molecule has 0 bridgehead atoms. The molecule has 0 saturated heterocycles. The van der Waals surface area contributed by atoms with E-state index in [0.29, 0.717) is 12.1 Å². The summed E-state index contributed by atoms with van der Waals surface area (Å²) in [6.45, 7) is 0.619. The zero-order chi connectivity index (χ0) is 14.7. The third-order valence-electron chi connectivity index (χ3n) is 2.96. The van der Waals surface area contributed by atoms with E-state index in [1.165, 1.54) is 7.11 Å². The third-order valence-corrected chi connectivity index (χ3v) is 4.04. The highest BCUT2D eigenvalue weighted by Crippen LogP contribution is 2.31. The highest BCUT2D eigenvalue weighted by molar-refractivity contribution is 9.11. The van der Waals surface area contributed by atoms with Crippen LogP contribution < -0.4 is 5.32 Å². The van der Waals surface area contributed by atoms with Gasteiger partial charge in [0.25, 0.3) is 0 Å². The molecule has 20 heavy (non-hydrogen) atoms. The molecule has 1 N–H and O–H groups in total. The molecule has 0 atom stereocenters. The summed E-state index contributed by atoms with van der Waals surface area (Å²) in [6, 6.07) is 7.64. The number of halogens is 2. The van der Waals surface area contributed by atoms with Crippen LogP contribution in [0.4, 0.5) is 5.69 Å². The monoisotopic (exact) mass is 400 g/mol. The van der Waals surface area contributed by atoms with Gasteiger partial charge >= 0.3 is 5.97 Å². The summed E-state index contributed by atoms with van der Waals surface area (Å²) >= 11 is 6.85. The van der Waals surface area contributed by atoms with Gasteiger partial charge in [-0.15, -0.1) is 0 Å². The quantitative estimate of drug-likeness (QED) is 0.788. The molecular formula is C14H14Br2N2O2. The van der Waals surface area contributed by atoms with Gasteiger partial charge in [0.1, 0.15) is 0 Å². The van der Waals surface area contributed by atoms with Crippen molar-refractivity contribution >= 4 is 43.5 Å². The van der Waals surface area contributed by atoms with Crippen LogP contribution in [0.15, 0.2) is 39.4 Å². The van der Waals surface area contributed by atoms with Gasteiger partial charge in [-0.25, -0.2) is 4.79 Å². The van der Waals surface area contributed by atoms with Crippen molar-refractivity contribution in [2.45, 2.75) is 6.54 Å². The average molecular weight is 402 g/mol. The van der Waals surface area contributed by atoms with Crippen molar-refractivity contribution in [1.82, 2.24) is 4.57 Å². The first-order valence-corrected chi connectivity index (χ1v) is 7.53. The molecule has 106 valence electrons. The minimum Gasteiger partial charge on any atom is -0.465 e. The average Bonchev–Trinajstić information content (AvgIpc) is 2.81. The highest BCUT2D eigenvalue weighted by atomic mass is 79.9. The fourth-order valence-corrected chi connectivity index (χ4v) is 3.25. The number of hydrogen-bond donors (Lipinski definition) is 1. The summed E-state index contributed by atoms with van der Waals surface area (Å²) in [5.74, 6) is -0.374. The van der Waals surface area contributed by atoms with Crippen LogP contribution in [0.5, 0.6) is 0 Å². The van der Waals surface area contributed by atoms with E-state index in [2.05, 4.69) is 37.2 Å². The molecule has 0 aliphatic rings.